The van der Waals surface area contributed by atoms with E-state index < -0.39 is 31.5 Å². The smallest absolute Gasteiger partial charge is 0.323 e. The number of rotatable bonds is 14. The Morgan fingerprint density at radius 3 is 2.03 bits per heavy atom. The van der Waals surface area contributed by atoms with Crippen molar-refractivity contribution in [2.75, 3.05) is 18.9 Å². The van der Waals surface area contributed by atoms with Crippen LogP contribution in [0, 0.1) is 5.92 Å². The third-order valence-corrected chi connectivity index (χ3v) is 8.65. The molecule has 0 aliphatic heterocycles. The van der Waals surface area contributed by atoms with Crippen LogP contribution in [0.2, 0.25) is 0 Å². The maximum absolute atomic E-state index is 14.1. The lowest BCUT2D eigenvalue weighted by molar-refractivity contribution is -0.145. The SMILES string of the molecule is CCOC(=O)[C@H](C)NP(=O)(N[C@@H](C)C(=O)OCC)c1ccc(-c2nc(N)sc2C(=O)C(CC)CC)o1. The van der Waals surface area contributed by atoms with Gasteiger partial charge in [0.1, 0.15) is 22.7 Å². The maximum Gasteiger partial charge on any atom is 0.323 e. The lowest BCUT2D eigenvalue weighted by Gasteiger charge is -2.24. The zero-order valence-electron chi connectivity index (χ0n) is 21.5. The molecule has 4 N–H and O–H groups in total. The molecule has 2 rings (SSSR count). The molecular weight excluding hydrogens is 507 g/mol. The average molecular weight is 543 g/mol. The van der Waals surface area contributed by atoms with E-state index in [9.17, 15) is 18.9 Å². The highest BCUT2D eigenvalue weighted by Crippen LogP contribution is 2.40. The second-order valence-corrected chi connectivity index (χ2v) is 11.3. The van der Waals surface area contributed by atoms with Crippen LogP contribution >= 0.6 is 18.8 Å². The molecule has 13 heteroatoms. The highest BCUT2D eigenvalue weighted by molar-refractivity contribution is 7.67. The minimum absolute atomic E-state index is 0.0719. The van der Waals surface area contributed by atoms with E-state index in [1.165, 1.54) is 26.0 Å². The number of aromatic nitrogens is 1. The number of nitrogen functional groups attached to an aromatic ring is 1. The van der Waals surface area contributed by atoms with Gasteiger partial charge in [0.2, 0.25) is 0 Å². The minimum Gasteiger partial charge on any atom is -0.465 e. The van der Waals surface area contributed by atoms with Gasteiger partial charge in [-0.15, -0.1) is 0 Å². The fourth-order valence-corrected chi connectivity index (χ4v) is 6.49. The summed E-state index contributed by atoms with van der Waals surface area (Å²) in [7, 11) is -3.91. The van der Waals surface area contributed by atoms with Gasteiger partial charge in [-0.2, -0.15) is 0 Å². The van der Waals surface area contributed by atoms with E-state index in [4.69, 9.17) is 19.6 Å². The highest BCUT2D eigenvalue weighted by atomic mass is 32.1. The Balaban J connectivity index is 2.48. The van der Waals surface area contributed by atoms with Crippen LogP contribution < -0.4 is 21.4 Å². The van der Waals surface area contributed by atoms with Gasteiger partial charge in [-0.3, -0.25) is 18.9 Å². The van der Waals surface area contributed by atoms with E-state index in [-0.39, 0.29) is 47.0 Å². The zero-order chi connectivity index (χ0) is 27.0. The summed E-state index contributed by atoms with van der Waals surface area (Å²) in [6.07, 6.45) is 1.33. The number of Topliss-reactive ketones (excluding diaryl/α,β-unsaturated/α-hetero) is 1. The van der Waals surface area contributed by atoms with Gasteiger partial charge in [-0.1, -0.05) is 25.2 Å². The normalized spacial score (nSPS) is 13.4. The summed E-state index contributed by atoms with van der Waals surface area (Å²) in [6.45, 7) is 10.4. The minimum atomic E-state index is -3.91. The molecular formula is C23H35N4O7PS. The molecule has 11 nitrogen and oxygen atoms in total. The number of nitrogens with zero attached hydrogens (tertiary/aromatic N) is 1. The first-order chi connectivity index (χ1) is 17.0. The molecule has 0 fully saturated rings. The van der Waals surface area contributed by atoms with Crippen molar-refractivity contribution >= 4 is 47.1 Å². The summed E-state index contributed by atoms with van der Waals surface area (Å²) >= 11 is 1.07. The maximum atomic E-state index is 14.1. The van der Waals surface area contributed by atoms with E-state index in [1.807, 2.05) is 13.8 Å². The van der Waals surface area contributed by atoms with Crippen molar-refractivity contribution in [3.63, 3.8) is 0 Å². The third-order valence-electron chi connectivity index (χ3n) is 5.39. The number of furan rings is 1. The van der Waals surface area contributed by atoms with Crippen LogP contribution in [0.15, 0.2) is 16.5 Å². The van der Waals surface area contributed by atoms with Gasteiger partial charge in [0.25, 0.3) is 7.44 Å². The van der Waals surface area contributed by atoms with Gasteiger partial charge in [-0.25, -0.2) is 15.2 Å². The highest BCUT2D eigenvalue weighted by Gasteiger charge is 2.37. The summed E-state index contributed by atoms with van der Waals surface area (Å²) in [5, 5.41) is 5.65. The van der Waals surface area contributed by atoms with Crippen molar-refractivity contribution in [2.24, 2.45) is 5.92 Å². The van der Waals surface area contributed by atoms with E-state index in [0.29, 0.717) is 17.7 Å². The summed E-state index contributed by atoms with van der Waals surface area (Å²) in [4.78, 5) is 42.2. The molecule has 2 heterocycles. The van der Waals surface area contributed by atoms with Crippen LogP contribution in [0.4, 0.5) is 5.13 Å². The second kappa shape index (κ2) is 13.1. The zero-order valence-corrected chi connectivity index (χ0v) is 23.2. The van der Waals surface area contributed by atoms with E-state index in [0.717, 1.165) is 11.3 Å². The van der Waals surface area contributed by atoms with Crippen molar-refractivity contribution in [2.45, 2.75) is 66.5 Å². The number of hydrogen-bond donors (Lipinski definition) is 3. The second-order valence-electron chi connectivity index (χ2n) is 8.06. The Hall–Kier alpha value is -2.53. The summed E-state index contributed by atoms with van der Waals surface area (Å²) in [6, 6.07) is 0.974. The first-order valence-electron chi connectivity index (χ1n) is 11.9. The largest absolute Gasteiger partial charge is 0.465 e. The van der Waals surface area contributed by atoms with Crippen molar-refractivity contribution in [3.8, 4) is 11.5 Å². The van der Waals surface area contributed by atoms with Crippen LogP contribution in [0.3, 0.4) is 0 Å². The predicted octanol–water partition coefficient (Wildman–Crippen LogP) is 3.51. The summed E-state index contributed by atoms with van der Waals surface area (Å²) in [5.74, 6) is -1.35. The number of ether oxygens (including phenoxy) is 2. The molecule has 2 aromatic heterocycles. The van der Waals surface area contributed by atoms with Crippen LogP contribution in [-0.2, 0) is 23.6 Å². The molecule has 0 spiro atoms. The molecule has 0 aliphatic carbocycles. The van der Waals surface area contributed by atoms with Crippen LogP contribution in [-0.4, -0.2) is 48.0 Å². The standard InChI is InChI=1S/C23H35N4O7PS/c1-7-15(8-2)19(28)20-18(25-23(24)36-20)16-11-12-17(34-16)35(31,26-13(5)21(29)32-9-3)27-14(6)22(30)33-10-4/h11-15H,7-10H2,1-6H3,(H2,24,25)(H2,26,27,31)/t13-,14-/m0/s1. The number of carbonyl (C=O) groups excluding carboxylic acids is 3. The number of anilines is 1. The first kappa shape index (κ1) is 29.7. The first-order valence-corrected chi connectivity index (χ1v) is 14.4. The van der Waals surface area contributed by atoms with Gasteiger partial charge in [0.15, 0.2) is 22.2 Å². The Morgan fingerprint density at radius 1 is 1.03 bits per heavy atom. The lowest BCUT2D eigenvalue weighted by Crippen LogP contribution is -2.44. The Kier molecular flexibility index (Phi) is 10.8. The monoisotopic (exact) mass is 542 g/mol. The number of esters is 2. The molecule has 0 saturated heterocycles. The molecule has 2 aromatic rings. The topological polar surface area (TPSA) is 163 Å². The van der Waals surface area contributed by atoms with Gasteiger partial charge in [0.05, 0.1) is 13.2 Å². The van der Waals surface area contributed by atoms with Gasteiger partial charge < -0.3 is 19.6 Å². The summed E-state index contributed by atoms with van der Waals surface area (Å²) in [5.41, 5.74) is 6.10. The fourth-order valence-electron chi connectivity index (χ4n) is 3.49. The van der Waals surface area contributed by atoms with Crippen molar-refractivity contribution in [1.82, 2.24) is 15.2 Å². The molecule has 0 radical (unpaired) electrons. The van der Waals surface area contributed by atoms with E-state index in [2.05, 4.69) is 15.2 Å². The molecule has 0 aliphatic rings. The quantitative estimate of drug-likeness (QED) is 0.182. The van der Waals surface area contributed by atoms with Crippen molar-refractivity contribution in [3.05, 3.63) is 17.0 Å². The molecule has 0 saturated carbocycles. The van der Waals surface area contributed by atoms with Crippen molar-refractivity contribution < 1.29 is 32.8 Å². The molecule has 2 atom stereocenters. The van der Waals surface area contributed by atoms with Gasteiger partial charge in [0, 0.05) is 5.92 Å². The van der Waals surface area contributed by atoms with Gasteiger partial charge >= 0.3 is 11.9 Å². The third kappa shape index (κ3) is 7.03. The molecule has 200 valence electrons. The predicted molar refractivity (Wildman–Crippen MR) is 138 cm³/mol. The molecule has 36 heavy (non-hydrogen) atoms. The number of nitrogens with one attached hydrogen (secondary N) is 2. The molecule has 0 bridgehead atoms. The van der Waals surface area contributed by atoms with Crippen LogP contribution in [0.5, 0.6) is 0 Å². The Labute approximate surface area is 215 Å². The number of hydrogen-bond acceptors (Lipinski definition) is 10. The molecule has 0 amide bonds. The Morgan fingerprint density at radius 2 is 1.56 bits per heavy atom. The van der Waals surface area contributed by atoms with Crippen LogP contribution in [0.1, 0.15) is 64.1 Å². The van der Waals surface area contributed by atoms with E-state index in [1.54, 1.807) is 13.8 Å². The number of ketones is 1. The van der Waals surface area contributed by atoms with Crippen molar-refractivity contribution in [1.29, 1.82) is 0 Å². The molecule has 0 unspecified atom stereocenters. The number of carbonyl (C=O) groups is 3. The number of nitrogens with two attached hydrogens (primary N) is 1. The number of thiazole rings is 1. The average Bonchev–Trinajstić information content (AvgIpc) is 3.47. The van der Waals surface area contributed by atoms with Crippen LogP contribution in [0.25, 0.3) is 11.5 Å². The van der Waals surface area contributed by atoms with E-state index >= 15 is 0 Å². The lowest BCUT2D eigenvalue weighted by atomic mass is 9.96. The summed E-state index contributed by atoms with van der Waals surface area (Å²) < 4.78 is 30.0. The van der Waals surface area contributed by atoms with Gasteiger partial charge in [-0.05, 0) is 52.7 Å². The molecule has 0 aromatic carbocycles. The fraction of sp³-hybridized carbons (Fsp3) is 0.565. The Bertz CT molecular complexity index is 1080.